The Morgan fingerprint density at radius 1 is 1.00 bits per heavy atom. The molecule has 1 aliphatic heterocycles. The maximum absolute atomic E-state index is 11.9. The molecular formula is C16H15NO2. The second-order valence-electron chi connectivity index (χ2n) is 4.59. The van der Waals surface area contributed by atoms with Gasteiger partial charge in [-0.3, -0.25) is 4.79 Å². The molecule has 0 bridgehead atoms. The van der Waals surface area contributed by atoms with Crippen LogP contribution in [0.1, 0.15) is 17.2 Å². The van der Waals surface area contributed by atoms with Gasteiger partial charge in [0.25, 0.3) is 5.91 Å². The minimum atomic E-state index is -0.342. The van der Waals surface area contributed by atoms with E-state index in [1.807, 2.05) is 60.7 Å². The van der Waals surface area contributed by atoms with E-state index >= 15 is 0 Å². The van der Waals surface area contributed by atoms with Crippen molar-refractivity contribution in [2.75, 3.05) is 0 Å². The lowest BCUT2D eigenvalue weighted by Gasteiger charge is -2.03. The third-order valence-electron chi connectivity index (χ3n) is 3.19. The SMILES string of the molecule is O=C(NCc1ccccc1)[C@H]1O[C@H]1c1ccccc1. The van der Waals surface area contributed by atoms with E-state index in [-0.39, 0.29) is 18.1 Å². The summed E-state index contributed by atoms with van der Waals surface area (Å²) in [7, 11) is 0. The second-order valence-corrected chi connectivity index (χ2v) is 4.59. The zero-order valence-electron chi connectivity index (χ0n) is 10.5. The van der Waals surface area contributed by atoms with Crippen LogP contribution in [0.3, 0.4) is 0 Å². The molecule has 1 saturated heterocycles. The molecule has 3 heteroatoms. The molecular weight excluding hydrogens is 238 g/mol. The van der Waals surface area contributed by atoms with Gasteiger partial charge in [0.1, 0.15) is 6.10 Å². The Morgan fingerprint density at radius 3 is 2.32 bits per heavy atom. The largest absolute Gasteiger partial charge is 0.354 e. The summed E-state index contributed by atoms with van der Waals surface area (Å²) in [5.74, 6) is -0.0438. The zero-order chi connectivity index (χ0) is 13.1. The summed E-state index contributed by atoms with van der Waals surface area (Å²) in [6.45, 7) is 0.543. The van der Waals surface area contributed by atoms with Gasteiger partial charge in [-0.05, 0) is 11.1 Å². The number of ether oxygens (including phenoxy) is 1. The van der Waals surface area contributed by atoms with E-state index in [2.05, 4.69) is 5.32 Å². The molecule has 1 heterocycles. The highest BCUT2D eigenvalue weighted by Gasteiger charge is 2.45. The van der Waals surface area contributed by atoms with Crippen molar-refractivity contribution in [1.82, 2.24) is 5.32 Å². The number of carbonyl (C=O) groups is 1. The predicted octanol–water partition coefficient (Wildman–Crippen LogP) is 2.44. The lowest BCUT2D eigenvalue weighted by Crippen LogP contribution is -2.27. The molecule has 0 saturated carbocycles. The van der Waals surface area contributed by atoms with Crippen LogP contribution >= 0.6 is 0 Å². The van der Waals surface area contributed by atoms with Gasteiger partial charge < -0.3 is 10.1 Å². The first kappa shape index (κ1) is 11.9. The summed E-state index contributed by atoms with van der Waals surface area (Å²) in [5.41, 5.74) is 2.15. The summed E-state index contributed by atoms with van der Waals surface area (Å²) < 4.78 is 5.44. The van der Waals surface area contributed by atoms with Gasteiger partial charge in [-0.2, -0.15) is 0 Å². The van der Waals surface area contributed by atoms with Crippen molar-refractivity contribution in [3.63, 3.8) is 0 Å². The van der Waals surface area contributed by atoms with Gasteiger partial charge in [0, 0.05) is 6.54 Å². The minimum Gasteiger partial charge on any atom is -0.354 e. The van der Waals surface area contributed by atoms with Crippen LogP contribution in [-0.2, 0) is 16.1 Å². The molecule has 2 atom stereocenters. The molecule has 96 valence electrons. The molecule has 0 spiro atoms. The van der Waals surface area contributed by atoms with Gasteiger partial charge >= 0.3 is 0 Å². The Balaban J connectivity index is 1.53. The molecule has 0 aromatic heterocycles. The topological polar surface area (TPSA) is 41.6 Å². The fraction of sp³-hybridized carbons (Fsp3) is 0.188. The van der Waals surface area contributed by atoms with E-state index in [1.54, 1.807) is 0 Å². The fourth-order valence-electron chi connectivity index (χ4n) is 2.09. The van der Waals surface area contributed by atoms with Crippen LogP contribution in [0.25, 0.3) is 0 Å². The molecule has 0 aliphatic carbocycles. The van der Waals surface area contributed by atoms with E-state index in [1.165, 1.54) is 0 Å². The summed E-state index contributed by atoms with van der Waals surface area (Å²) in [4.78, 5) is 11.9. The number of nitrogens with one attached hydrogen (secondary N) is 1. The summed E-state index contributed by atoms with van der Waals surface area (Å²) in [6, 6.07) is 19.7. The monoisotopic (exact) mass is 253 g/mol. The third kappa shape index (κ3) is 2.83. The average Bonchev–Trinajstić information content (AvgIpc) is 3.27. The normalized spacial score (nSPS) is 20.8. The molecule has 2 aromatic rings. The van der Waals surface area contributed by atoms with Crippen molar-refractivity contribution in [3.05, 3.63) is 71.8 Å². The van der Waals surface area contributed by atoms with Crippen LogP contribution in [0.5, 0.6) is 0 Å². The van der Waals surface area contributed by atoms with Gasteiger partial charge in [0.15, 0.2) is 6.10 Å². The Labute approximate surface area is 112 Å². The highest BCUT2D eigenvalue weighted by atomic mass is 16.6. The Kier molecular flexibility index (Phi) is 3.29. The van der Waals surface area contributed by atoms with Crippen molar-refractivity contribution in [1.29, 1.82) is 0 Å². The van der Waals surface area contributed by atoms with Crippen molar-refractivity contribution < 1.29 is 9.53 Å². The first-order chi connectivity index (χ1) is 9.34. The molecule has 0 radical (unpaired) electrons. The molecule has 1 fully saturated rings. The highest BCUT2D eigenvalue weighted by Crippen LogP contribution is 2.38. The van der Waals surface area contributed by atoms with Gasteiger partial charge in [-0.25, -0.2) is 0 Å². The van der Waals surface area contributed by atoms with Crippen LogP contribution in [0.2, 0.25) is 0 Å². The average molecular weight is 253 g/mol. The molecule has 2 aromatic carbocycles. The van der Waals surface area contributed by atoms with Crippen LogP contribution < -0.4 is 5.32 Å². The quantitative estimate of drug-likeness (QED) is 0.850. The third-order valence-corrected chi connectivity index (χ3v) is 3.19. The number of rotatable bonds is 4. The van der Waals surface area contributed by atoms with Crippen molar-refractivity contribution in [2.45, 2.75) is 18.8 Å². The molecule has 1 aliphatic rings. The number of carbonyl (C=O) groups excluding carboxylic acids is 1. The summed E-state index contributed by atoms with van der Waals surface area (Å²) >= 11 is 0. The van der Waals surface area contributed by atoms with Gasteiger partial charge in [-0.15, -0.1) is 0 Å². The van der Waals surface area contributed by atoms with E-state index in [0.717, 1.165) is 11.1 Å². The molecule has 3 rings (SSSR count). The number of benzene rings is 2. The Hall–Kier alpha value is -2.13. The van der Waals surface area contributed by atoms with Crippen molar-refractivity contribution in [3.8, 4) is 0 Å². The molecule has 0 unspecified atom stereocenters. The van der Waals surface area contributed by atoms with Crippen LogP contribution in [-0.4, -0.2) is 12.0 Å². The lowest BCUT2D eigenvalue weighted by atomic mass is 10.1. The summed E-state index contributed by atoms with van der Waals surface area (Å²) in [6.07, 6.45) is -0.428. The maximum Gasteiger partial charge on any atom is 0.252 e. The number of hydrogen-bond donors (Lipinski definition) is 1. The van der Waals surface area contributed by atoms with Crippen LogP contribution in [0, 0.1) is 0 Å². The molecule has 1 amide bonds. The molecule has 19 heavy (non-hydrogen) atoms. The van der Waals surface area contributed by atoms with Gasteiger partial charge in [0.2, 0.25) is 0 Å². The summed E-state index contributed by atoms with van der Waals surface area (Å²) in [5, 5.41) is 2.90. The van der Waals surface area contributed by atoms with Gasteiger partial charge in [-0.1, -0.05) is 60.7 Å². The number of epoxide rings is 1. The Morgan fingerprint density at radius 2 is 1.63 bits per heavy atom. The smallest absolute Gasteiger partial charge is 0.252 e. The number of amides is 1. The lowest BCUT2D eigenvalue weighted by molar-refractivity contribution is -0.122. The zero-order valence-corrected chi connectivity index (χ0v) is 10.5. The molecule has 1 N–H and O–H groups in total. The fourth-order valence-corrected chi connectivity index (χ4v) is 2.09. The first-order valence-corrected chi connectivity index (χ1v) is 6.36. The van der Waals surface area contributed by atoms with E-state index in [9.17, 15) is 4.79 Å². The molecule has 3 nitrogen and oxygen atoms in total. The van der Waals surface area contributed by atoms with Gasteiger partial charge in [0.05, 0.1) is 0 Å². The van der Waals surface area contributed by atoms with Crippen molar-refractivity contribution >= 4 is 5.91 Å². The van der Waals surface area contributed by atoms with Crippen LogP contribution in [0.15, 0.2) is 60.7 Å². The highest BCUT2D eigenvalue weighted by molar-refractivity contribution is 5.84. The second kappa shape index (κ2) is 5.24. The first-order valence-electron chi connectivity index (χ1n) is 6.36. The minimum absolute atomic E-state index is 0.0438. The Bertz CT molecular complexity index is 553. The van der Waals surface area contributed by atoms with Crippen LogP contribution in [0.4, 0.5) is 0 Å². The standard InChI is InChI=1S/C16H15NO2/c18-16(17-11-12-7-3-1-4-8-12)15-14(19-15)13-9-5-2-6-10-13/h1-10,14-15H,11H2,(H,17,18)/t14-,15-/m0/s1. The van der Waals surface area contributed by atoms with E-state index < -0.39 is 0 Å². The van der Waals surface area contributed by atoms with E-state index in [0.29, 0.717) is 6.54 Å². The predicted molar refractivity (Wildman–Crippen MR) is 72.3 cm³/mol. The number of hydrogen-bond acceptors (Lipinski definition) is 2. The maximum atomic E-state index is 11.9. The van der Waals surface area contributed by atoms with Crippen molar-refractivity contribution in [2.24, 2.45) is 0 Å². The van der Waals surface area contributed by atoms with E-state index in [4.69, 9.17) is 4.74 Å².